The highest BCUT2D eigenvalue weighted by Crippen LogP contribution is 2.22. The van der Waals surface area contributed by atoms with Crippen LogP contribution < -0.4 is 0 Å². The summed E-state index contributed by atoms with van der Waals surface area (Å²) in [6.07, 6.45) is 30.8. The molecule has 10 nitrogen and oxygen atoms in total. The minimum Gasteiger partial charge on any atom is -0.462 e. The van der Waals surface area contributed by atoms with E-state index in [4.69, 9.17) is 14.2 Å². The molecule has 1 heterocycles. The van der Waals surface area contributed by atoms with Crippen molar-refractivity contribution >= 4 is 29.7 Å². The van der Waals surface area contributed by atoms with Gasteiger partial charge >= 0.3 is 17.9 Å². The van der Waals surface area contributed by atoms with Gasteiger partial charge in [-0.25, -0.2) is 0 Å². The van der Waals surface area contributed by atoms with Gasteiger partial charge < -0.3 is 34.0 Å². The number of carbonyl (C=O) groups is 3. The first kappa shape index (κ1) is 60.6. The van der Waals surface area contributed by atoms with Gasteiger partial charge in [-0.3, -0.25) is 14.4 Å². The molecule has 1 N–H and O–H groups in total. The number of likely N-dealkylation sites (N-methyl/N-ethyl adjacent to an activating group) is 1. The van der Waals surface area contributed by atoms with Gasteiger partial charge in [0.2, 0.25) is 0 Å². The third-order valence-electron chi connectivity index (χ3n) is 12.9. The molecule has 64 heavy (non-hydrogen) atoms. The molecule has 0 amide bonds. The molecule has 3 atom stereocenters. The predicted octanol–water partition coefficient (Wildman–Crippen LogP) is 12.2. The number of aliphatic hydroxyl groups excluding tert-OH is 1. The zero-order chi connectivity index (χ0) is 46.9. The zero-order valence-electron chi connectivity index (χ0n) is 42.7. The van der Waals surface area contributed by atoms with Crippen LogP contribution in [0.3, 0.4) is 0 Å². The summed E-state index contributed by atoms with van der Waals surface area (Å²) < 4.78 is 17.9. The number of carbonyl (C=O) groups excluding carboxylic acids is 3. The second kappa shape index (κ2) is 42.9. The molecule has 0 bridgehead atoms. The molecule has 378 valence electrons. The molecule has 1 fully saturated rings. The molecule has 0 saturated carbocycles. The van der Waals surface area contributed by atoms with Crippen LogP contribution in [0.15, 0.2) is 0 Å². The van der Waals surface area contributed by atoms with Crippen molar-refractivity contribution in [3.63, 3.8) is 0 Å². The van der Waals surface area contributed by atoms with Crippen molar-refractivity contribution in [2.45, 2.75) is 251 Å². The molecule has 1 saturated heterocycles. The van der Waals surface area contributed by atoms with E-state index in [0.717, 1.165) is 116 Å². The second-order valence-electron chi connectivity index (χ2n) is 19.2. The standard InChI is InChI=1S/C53H103N3O7S/c1-7-11-15-19-23-26-32-48(57)44-56(39-31-38-55-42-40-54(6)41-43-55)37-30-36-52(59)62-50(45-61-51(58)35-29-22-18-14-10-4)46-64-47(5)53(60)63-49(33-27-24-20-16-12-8-2)34-28-25-21-17-13-9-3/h47-50,57H,7-46H2,1-6H3. The maximum Gasteiger partial charge on any atom is 0.319 e. The van der Waals surface area contributed by atoms with Crippen LogP contribution >= 0.6 is 11.8 Å². The van der Waals surface area contributed by atoms with Gasteiger partial charge in [0.25, 0.3) is 0 Å². The fourth-order valence-electron chi connectivity index (χ4n) is 8.52. The molecule has 0 radical (unpaired) electrons. The van der Waals surface area contributed by atoms with E-state index in [2.05, 4.69) is 49.4 Å². The van der Waals surface area contributed by atoms with E-state index >= 15 is 0 Å². The van der Waals surface area contributed by atoms with Gasteiger partial charge in [-0.2, -0.15) is 0 Å². The molecular weight excluding hydrogens is 823 g/mol. The van der Waals surface area contributed by atoms with Gasteiger partial charge in [0.05, 0.1) is 11.4 Å². The van der Waals surface area contributed by atoms with Gasteiger partial charge in [-0.15, -0.1) is 11.8 Å². The number of rotatable bonds is 45. The number of unbranched alkanes of at least 4 members (excludes halogenated alkanes) is 19. The first-order chi connectivity index (χ1) is 31.1. The Kier molecular flexibility index (Phi) is 40.6. The fraction of sp³-hybridized carbons (Fsp3) is 0.943. The molecule has 1 aliphatic rings. The van der Waals surface area contributed by atoms with Gasteiger partial charge in [0.15, 0.2) is 0 Å². The lowest BCUT2D eigenvalue weighted by Crippen LogP contribution is -2.45. The molecule has 1 rings (SSSR count). The van der Waals surface area contributed by atoms with Crippen molar-refractivity contribution in [2.24, 2.45) is 0 Å². The van der Waals surface area contributed by atoms with Crippen LogP contribution in [-0.4, -0.2) is 133 Å². The van der Waals surface area contributed by atoms with Crippen LogP contribution in [0.2, 0.25) is 0 Å². The number of thioether (sulfide) groups is 1. The normalized spacial score (nSPS) is 15.1. The topological polar surface area (TPSA) is 109 Å². The first-order valence-electron chi connectivity index (χ1n) is 27.1. The van der Waals surface area contributed by atoms with Crippen molar-refractivity contribution in [1.29, 1.82) is 0 Å². The lowest BCUT2D eigenvalue weighted by molar-refractivity contribution is -0.157. The Hall–Kier alpha value is -1.40. The maximum atomic E-state index is 13.5. The highest BCUT2D eigenvalue weighted by atomic mass is 32.2. The summed E-state index contributed by atoms with van der Waals surface area (Å²) in [4.78, 5) is 46.9. The molecule has 1 aliphatic heterocycles. The molecule has 0 aromatic rings. The first-order valence-corrected chi connectivity index (χ1v) is 28.1. The Morgan fingerprint density at radius 3 is 1.62 bits per heavy atom. The van der Waals surface area contributed by atoms with Crippen LogP contribution in [0.5, 0.6) is 0 Å². The number of hydrogen-bond donors (Lipinski definition) is 1. The SMILES string of the molecule is CCCCCCCCC(O)CN(CCCC(=O)OC(COC(=O)CCCCCCC)CSC(C)C(=O)OC(CCCCCCCC)CCCCCCCC)CCCN1CCN(C)CC1. The number of hydrogen-bond acceptors (Lipinski definition) is 11. The molecule has 0 spiro atoms. The van der Waals surface area contributed by atoms with Gasteiger partial charge in [0.1, 0.15) is 18.8 Å². The lowest BCUT2D eigenvalue weighted by atomic mass is 10.0. The van der Waals surface area contributed by atoms with Crippen molar-refractivity contribution in [3.05, 3.63) is 0 Å². The molecule has 0 aromatic heterocycles. The largest absolute Gasteiger partial charge is 0.462 e. The highest BCUT2D eigenvalue weighted by molar-refractivity contribution is 8.00. The molecule has 3 unspecified atom stereocenters. The van der Waals surface area contributed by atoms with Gasteiger partial charge in [-0.1, -0.05) is 156 Å². The minimum atomic E-state index is -0.655. The summed E-state index contributed by atoms with van der Waals surface area (Å²) in [5.41, 5.74) is 0. The third kappa shape index (κ3) is 35.7. The summed E-state index contributed by atoms with van der Waals surface area (Å²) in [5, 5.41) is 10.6. The Balaban J connectivity index is 2.84. The summed E-state index contributed by atoms with van der Waals surface area (Å²) in [7, 11) is 2.18. The average molecular weight is 926 g/mol. The van der Waals surface area contributed by atoms with E-state index < -0.39 is 11.4 Å². The van der Waals surface area contributed by atoms with Crippen molar-refractivity contribution in [1.82, 2.24) is 14.7 Å². The fourth-order valence-corrected chi connectivity index (χ4v) is 9.38. The smallest absolute Gasteiger partial charge is 0.319 e. The molecule has 0 aromatic carbocycles. The van der Waals surface area contributed by atoms with E-state index in [1.54, 1.807) is 0 Å². The Morgan fingerprint density at radius 2 is 1.06 bits per heavy atom. The summed E-state index contributed by atoms with van der Waals surface area (Å²) in [6.45, 7) is 18.4. The van der Waals surface area contributed by atoms with Crippen molar-refractivity contribution < 1.29 is 33.7 Å². The van der Waals surface area contributed by atoms with Crippen LogP contribution in [-0.2, 0) is 28.6 Å². The lowest BCUT2D eigenvalue weighted by Gasteiger charge is -2.33. The molecule has 11 heteroatoms. The monoisotopic (exact) mass is 926 g/mol. The molecular formula is C53H103N3O7S. The summed E-state index contributed by atoms with van der Waals surface area (Å²) in [6, 6.07) is 0. The van der Waals surface area contributed by atoms with E-state index in [1.807, 2.05) is 6.92 Å². The summed E-state index contributed by atoms with van der Waals surface area (Å²) >= 11 is 1.41. The number of piperazine rings is 1. The third-order valence-corrected chi connectivity index (χ3v) is 14.1. The van der Waals surface area contributed by atoms with Crippen LogP contribution in [0.1, 0.15) is 227 Å². The Bertz CT molecular complexity index is 1080. The van der Waals surface area contributed by atoms with Crippen LogP contribution in [0.4, 0.5) is 0 Å². The number of ether oxygens (including phenoxy) is 3. The minimum absolute atomic E-state index is 0.0178. The Labute approximate surface area is 399 Å². The molecule has 0 aliphatic carbocycles. The van der Waals surface area contributed by atoms with Crippen molar-refractivity contribution in [2.75, 3.05) is 71.8 Å². The van der Waals surface area contributed by atoms with Crippen LogP contribution in [0, 0.1) is 0 Å². The summed E-state index contributed by atoms with van der Waals surface area (Å²) in [5.74, 6) is -0.463. The maximum absolute atomic E-state index is 13.5. The number of aliphatic hydroxyl groups is 1. The highest BCUT2D eigenvalue weighted by Gasteiger charge is 2.25. The van der Waals surface area contributed by atoms with Crippen molar-refractivity contribution in [3.8, 4) is 0 Å². The number of nitrogens with zero attached hydrogens (tertiary/aromatic N) is 3. The van der Waals surface area contributed by atoms with E-state index in [1.165, 1.54) is 108 Å². The van der Waals surface area contributed by atoms with E-state index in [-0.39, 0.29) is 43.1 Å². The predicted molar refractivity (Wildman–Crippen MR) is 270 cm³/mol. The average Bonchev–Trinajstić information content (AvgIpc) is 3.28. The van der Waals surface area contributed by atoms with E-state index in [0.29, 0.717) is 31.7 Å². The van der Waals surface area contributed by atoms with Gasteiger partial charge in [0, 0.05) is 51.3 Å². The van der Waals surface area contributed by atoms with E-state index in [9.17, 15) is 19.5 Å². The van der Waals surface area contributed by atoms with Crippen LogP contribution in [0.25, 0.3) is 0 Å². The quantitative estimate of drug-likeness (QED) is 0.0358. The Morgan fingerprint density at radius 1 is 0.578 bits per heavy atom. The second-order valence-corrected chi connectivity index (χ2v) is 20.6. The van der Waals surface area contributed by atoms with Gasteiger partial charge in [-0.05, 0) is 85.0 Å². The zero-order valence-corrected chi connectivity index (χ0v) is 43.6. The number of esters is 3.